The summed E-state index contributed by atoms with van der Waals surface area (Å²) in [4.78, 5) is 8.91. The highest BCUT2D eigenvalue weighted by Gasteiger charge is 2.18. The minimum atomic E-state index is -0.0115. The van der Waals surface area contributed by atoms with Gasteiger partial charge in [-0.25, -0.2) is 4.98 Å². The Bertz CT molecular complexity index is 784. The number of nitrogens with zero attached hydrogens (tertiary/aromatic N) is 4. The second kappa shape index (κ2) is 7.48. The maximum absolute atomic E-state index is 5.31. The second-order valence-electron chi connectivity index (χ2n) is 5.25. The summed E-state index contributed by atoms with van der Waals surface area (Å²) in [6.45, 7) is 4.08. The summed E-state index contributed by atoms with van der Waals surface area (Å²) in [6.07, 6.45) is 1.82. The molecule has 0 saturated heterocycles. The number of hydrogen-bond donors (Lipinski definition) is 1. The quantitative estimate of drug-likeness (QED) is 0.653. The molecule has 0 bridgehead atoms. The molecule has 3 rings (SSSR count). The van der Waals surface area contributed by atoms with Gasteiger partial charge in [0, 0.05) is 12.0 Å². The van der Waals surface area contributed by atoms with Crippen molar-refractivity contribution in [2.45, 2.75) is 37.1 Å². The summed E-state index contributed by atoms with van der Waals surface area (Å²) in [5.74, 6) is 2.86. The van der Waals surface area contributed by atoms with Crippen molar-refractivity contribution in [3.05, 3.63) is 36.0 Å². The van der Waals surface area contributed by atoms with E-state index < -0.39 is 0 Å². The zero-order valence-electron chi connectivity index (χ0n) is 13.8. The van der Waals surface area contributed by atoms with Crippen molar-refractivity contribution < 1.29 is 9.26 Å². The lowest BCUT2D eigenvalue weighted by Gasteiger charge is -2.01. The summed E-state index contributed by atoms with van der Waals surface area (Å²) in [5, 5.41) is 11.8. The fourth-order valence-corrected chi connectivity index (χ4v) is 2.90. The lowest BCUT2D eigenvalue weighted by molar-refractivity contribution is 0.374. The van der Waals surface area contributed by atoms with E-state index in [0.717, 1.165) is 30.0 Å². The number of benzene rings is 1. The van der Waals surface area contributed by atoms with Crippen LogP contribution in [0.3, 0.4) is 0 Å². The number of H-pyrrole nitrogens is 1. The molecule has 2 heterocycles. The molecule has 0 saturated carbocycles. The molecule has 0 unspecified atom stereocenters. The van der Waals surface area contributed by atoms with E-state index in [-0.39, 0.29) is 5.25 Å². The molecule has 0 spiro atoms. The molecule has 3 aromatic rings. The first-order chi connectivity index (χ1) is 11.7. The van der Waals surface area contributed by atoms with Crippen LogP contribution in [-0.4, -0.2) is 32.4 Å². The maximum Gasteiger partial charge on any atom is 0.239 e. The lowest BCUT2D eigenvalue weighted by atomic mass is 10.2. The first-order valence-corrected chi connectivity index (χ1v) is 8.63. The number of aryl methyl sites for hydroxylation is 1. The molecule has 0 amide bonds. The molecule has 1 N–H and O–H groups in total. The van der Waals surface area contributed by atoms with Crippen LogP contribution in [0.25, 0.3) is 11.4 Å². The summed E-state index contributed by atoms with van der Waals surface area (Å²) >= 11 is 1.48. The van der Waals surface area contributed by atoms with Gasteiger partial charge in [-0.05, 0) is 37.6 Å². The van der Waals surface area contributed by atoms with E-state index in [1.54, 1.807) is 7.11 Å². The van der Waals surface area contributed by atoms with Gasteiger partial charge < -0.3 is 9.26 Å². The molecule has 0 fully saturated rings. The average Bonchev–Trinajstić information content (AvgIpc) is 3.25. The fraction of sp³-hybridized carbons (Fsp3) is 0.375. The highest BCUT2D eigenvalue weighted by molar-refractivity contribution is 7.99. The van der Waals surface area contributed by atoms with Crippen molar-refractivity contribution in [2.24, 2.45) is 0 Å². The standard InChI is InChI=1S/C16H19N5O2S/c1-4-5-13-17-15(23-21-13)10(2)24-16-18-14(19-20-16)11-6-8-12(22-3)9-7-11/h6-10H,4-5H2,1-3H3,(H,18,19,20)/t10-/m0/s1. The number of hydrogen-bond acceptors (Lipinski definition) is 7. The number of aromatic nitrogens is 5. The van der Waals surface area contributed by atoms with Crippen molar-refractivity contribution in [2.75, 3.05) is 7.11 Å². The van der Waals surface area contributed by atoms with Gasteiger partial charge in [-0.2, -0.15) is 4.98 Å². The van der Waals surface area contributed by atoms with E-state index in [2.05, 4.69) is 32.2 Å². The van der Waals surface area contributed by atoms with E-state index in [4.69, 9.17) is 9.26 Å². The zero-order valence-corrected chi connectivity index (χ0v) is 14.6. The van der Waals surface area contributed by atoms with Gasteiger partial charge in [0.2, 0.25) is 11.0 Å². The van der Waals surface area contributed by atoms with Crippen molar-refractivity contribution in [1.29, 1.82) is 0 Å². The number of thioether (sulfide) groups is 1. The number of nitrogens with one attached hydrogen (secondary N) is 1. The van der Waals surface area contributed by atoms with Crippen molar-refractivity contribution in [3.63, 3.8) is 0 Å². The molecule has 1 aromatic carbocycles. The van der Waals surface area contributed by atoms with E-state index in [1.807, 2.05) is 31.2 Å². The molecule has 0 radical (unpaired) electrons. The summed E-state index contributed by atoms with van der Waals surface area (Å²) in [7, 11) is 1.64. The predicted octanol–water partition coefficient (Wildman–Crippen LogP) is 3.67. The summed E-state index contributed by atoms with van der Waals surface area (Å²) < 4.78 is 10.5. The van der Waals surface area contributed by atoms with E-state index in [0.29, 0.717) is 16.9 Å². The van der Waals surface area contributed by atoms with Crippen molar-refractivity contribution in [3.8, 4) is 17.1 Å². The second-order valence-corrected chi connectivity index (χ2v) is 6.56. The Morgan fingerprint density at radius 1 is 1.25 bits per heavy atom. The number of rotatable bonds is 7. The molecule has 7 nitrogen and oxygen atoms in total. The Balaban J connectivity index is 1.68. The Kier molecular flexibility index (Phi) is 5.14. The lowest BCUT2D eigenvalue weighted by Crippen LogP contribution is -1.91. The molecule has 0 aliphatic rings. The molecule has 1 atom stereocenters. The highest BCUT2D eigenvalue weighted by atomic mass is 32.2. The van der Waals surface area contributed by atoms with E-state index in [9.17, 15) is 0 Å². The third kappa shape index (κ3) is 3.76. The number of aromatic amines is 1. The Hall–Kier alpha value is -2.35. The molecule has 126 valence electrons. The van der Waals surface area contributed by atoms with Crippen LogP contribution in [0.2, 0.25) is 0 Å². The SMILES string of the molecule is CCCc1noc([C@H](C)Sc2n[nH]c(-c3ccc(OC)cc3)n2)n1. The van der Waals surface area contributed by atoms with Gasteiger partial charge in [0.25, 0.3) is 0 Å². The maximum atomic E-state index is 5.31. The third-order valence-electron chi connectivity index (χ3n) is 3.42. The van der Waals surface area contributed by atoms with Gasteiger partial charge in [0.05, 0.1) is 12.4 Å². The van der Waals surface area contributed by atoms with Crippen LogP contribution in [0.15, 0.2) is 33.9 Å². The normalized spacial score (nSPS) is 12.3. The van der Waals surface area contributed by atoms with E-state index in [1.165, 1.54) is 11.8 Å². The van der Waals surface area contributed by atoms with Crippen LogP contribution in [0, 0.1) is 0 Å². The van der Waals surface area contributed by atoms with E-state index >= 15 is 0 Å². The van der Waals surface area contributed by atoms with Crippen LogP contribution in [0.4, 0.5) is 0 Å². The van der Waals surface area contributed by atoms with Gasteiger partial charge >= 0.3 is 0 Å². The Morgan fingerprint density at radius 2 is 2.04 bits per heavy atom. The van der Waals surface area contributed by atoms with Gasteiger partial charge in [-0.15, -0.1) is 5.10 Å². The third-order valence-corrected chi connectivity index (χ3v) is 4.36. The highest BCUT2D eigenvalue weighted by Crippen LogP contribution is 2.32. The first kappa shape index (κ1) is 16.5. The average molecular weight is 345 g/mol. The fourth-order valence-electron chi connectivity index (χ4n) is 2.14. The first-order valence-electron chi connectivity index (χ1n) is 7.75. The van der Waals surface area contributed by atoms with Crippen molar-refractivity contribution in [1.82, 2.24) is 25.3 Å². The number of methoxy groups -OCH3 is 1. The van der Waals surface area contributed by atoms with Crippen molar-refractivity contribution >= 4 is 11.8 Å². The topological polar surface area (TPSA) is 89.7 Å². The summed E-state index contributed by atoms with van der Waals surface area (Å²) in [5.41, 5.74) is 0.950. The molecular formula is C16H19N5O2S. The van der Waals surface area contributed by atoms with Crippen LogP contribution in [0.5, 0.6) is 5.75 Å². The van der Waals surface area contributed by atoms with Crippen LogP contribution < -0.4 is 4.74 Å². The molecule has 0 aliphatic carbocycles. The van der Waals surface area contributed by atoms with Crippen LogP contribution in [0.1, 0.15) is 37.2 Å². The van der Waals surface area contributed by atoms with Gasteiger partial charge in [-0.3, -0.25) is 5.10 Å². The smallest absolute Gasteiger partial charge is 0.239 e. The molecule has 8 heteroatoms. The molecule has 24 heavy (non-hydrogen) atoms. The van der Waals surface area contributed by atoms with Crippen LogP contribution in [-0.2, 0) is 6.42 Å². The molecule has 0 aliphatic heterocycles. The minimum Gasteiger partial charge on any atom is -0.497 e. The van der Waals surface area contributed by atoms with Gasteiger partial charge in [-0.1, -0.05) is 23.8 Å². The van der Waals surface area contributed by atoms with Gasteiger partial charge in [0.1, 0.15) is 5.75 Å². The Morgan fingerprint density at radius 3 is 2.75 bits per heavy atom. The molecular weight excluding hydrogens is 326 g/mol. The Labute approximate surface area is 144 Å². The molecule has 2 aromatic heterocycles. The minimum absolute atomic E-state index is 0.0115. The zero-order chi connectivity index (χ0) is 16.9. The van der Waals surface area contributed by atoms with Gasteiger partial charge in [0.15, 0.2) is 11.6 Å². The monoisotopic (exact) mass is 345 g/mol. The number of ether oxygens (including phenoxy) is 1. The predicted molar refractivity (Wildman–Crippen MR) is 90.9 cm³/mol. The largest absolute Gasteiger partial charge is 0.497 e. The summed E-state index contributed by atoms with van der Waals surface area (Å²) in [6, 6.07) is 7.65. The van der Waals surface area contributed by atoms with Crippen LogP contribution >= 0.6 is 11.8 Å².